The first-order valence-corrected chi connectivity index (χ1v) is 7.75. The second kappa shape index (κ2) is 6.83. The van der Waals surface area contributed by atoms with Crippen molar-refractivity contribution in [2.45, 2.75) is 39.2 Å². The Morgan fingerprint density at radius 1 is 1.16 bits per heavy atom. The molecule has 19 heavy (non-hydrogen) atoms. The standard InChI is InChI=1S/C16H22N2S/c1-4-13-5-7-14(8-6-13)9-15(17-3)10-16-18-12(2)11-19-16/h5-8,11,15,17H,4,9-10H2,1-3H3. The van der Waals surface area contributed by atoms with Crippen LogP contribution in [0, 0.1) is 6.92 Å². The third-order valence-corrected chi connectivity index (χ3v) is 4.40. The van der Waals surface area contributed by atoms with Crippen LogP contribution in [0.1, 0.15) is 28.8 Å². The van der Waals surface area contributed by atoms with Gasteiger partial charge in [0.25, 0.3) is 0 Å². The molecule has 0 fully saturated rings. The Morgan fingerprint density at radius 2 is 1.84 bits per heavy atom. The van der Waals surface area contributed by atoms with Gasteiger partial charge in [-0.2, -0.15) is 0 Å². The molecule has 2 aromatic rings. The normalized spacial score (nSPS) is 12.6. The molecule has 2 nitrogen and oxygen atoms in total. The Balaban J connectivity index is 1.97. The Hall–Kier alpha value is -1.19. The maximum Gasteiger partial charge on any atom is 0.0943 e. The van der Waals surface area contributed by atoms with Gasteiger partial charge in [0.2, 0.25) is 0 Å². The fraction of sp³-hybridized carbons (Fsp3) is 0.438. The maximum atomic E-state index is 4.55. The number of benzene rings is 1. The van der Waals surface area contributed by atoms with Crippen molar-refractivity contribution in [1.82, 2.24) is 10.3 Å². The summed E-state index contributed by atoms with van der Waals surface area (Å²) in [6.45, 7) is 4.24. The highest BCUT2D eigenvalue weighted by Gasteiger charge is 2.10. The van der Waals surface area contributed by atoms with E-state index in [9.17, 15) is 0 Å². The molecule has 1 unspecified atom stereocenters. The van der Waals surface area contributed by atoms with Crippen molar-refractivity contribution in [2.75, 3.05) is 7.05 Å². The summed E-state index contributed by atoms with van der Waals surface area (Å²) in [5, 5.41) is 6.75. The lowest BCUT2D eigenvalue weighted by atomic mass is 10.0. The minimum absolute atomic E-state index is 0.457. The zero-order valence-corrected chi connectivity index (χ0v) is 12.8. The first-order valence-electron chi connectivity index (χ1n) is 6.87. The van der Waals surface area contributed by atoms with Gasteiger partial charge in [0, 0.05) is 23.5 Å². The van der Waals surface area contributed by atoms with E-state index in [1.807, 2.05) is 7.05 Å². The summed E-state index contributed by atoms with van der Waals surface area (Å²) in [4.78, 5) is 4.55. The van der Waals surface area contributed by atoms with Crippen molar-refractivity contribution in [1.29, 1.82) is 0 Å². The number of likely N-dealkylation sites (N-methyl/N-ethyl adjacent to an activating group) is 1. The summed E-state index contributed by atoms with van der Waals surface area (Å²) in [7, 11) is 2.03. The van der Waals surface area contributed by atoms with Gasteiger partial charge in [0.1, 0.15) is 0 Å². The molecule has 0 radical (unpaired) electrons. The molecule has 1 atom stereocenters. The molecular weight excluding hydrogens is 252 g/mol. The average Bonchev–Trinajstić information content (AvgIpc) is 2.84. The topological polar surface area (TPSA) is 24.9 Å². The highest BCUT2D eigenvalue weighted by molar-refractivity contribution is 7.09. The van der Waals surface area contributed by atoms with Crippen LogP contribution in [0.2, 0.25) is 0 Å². The minimum atomic E-state index is 0.457. The molecule has 0 spiro atoms. The third-order valence-electron chi connectivity index (χ3n) is 3.41. The number of thiazole rings is 1. The van der Waals surface area contributed by atoms with Crippen LogP contribution >= 0.6 is 11.3 Å². The van der Waals surface area contributed by atoms with Gasteiger partial charge in [0.15, 0.2) is 0 Å². The van der Waals surface area contributed by atoms with Gasteiger partial charge in [0.05, 0.1) is 5.01 Å². The van der Waals surface area contributed by atoms with Gasteiger partial charge in [-0.05, 0) is 37.9 Å². The Bertz CT molecular complexity index is 502. The molecule has 0 aliphatic carbocycles. The van der Waals surface area contributed by atoms with Gasteiger partial charge < -0.3 is 5.32 Å². The van der Waals surface area contributed by atoms with Gasteiger partial charge >= 0.3 is 0 Å². The molecule has 0 aliphatic rings. The molecule has 0 bridgehead atoms. The van der Waals surface area contributed by atoms with E-state index in [1.165, 1.54) is 16.1 Å². The molecule has 102 valence electrons. The predicted octanol–water partition coefficient (Wildman–Crippen LogP) is 3.39. The van der Waals surface area contributed by atoms with Gasteiger partial charge in [-0.25, -0.2) is 4.98 Å². The molecular formula is C16H22N2S. The SMILES string of the molecule is CCc1ccc(CC(Cc2nc(C)cs2)NC)cc1. The van der Waals surface area contributed by atoms with E-state index in [0.29, 0.717) is 6.04 Å². The van der Waals surface area contributed by atoms with Crippen LogP contribution in [-0.4, -0.2) is 18.1 Å². The minimum Gasteiger partial charge on any atom is -0.316 e. The highest BCUT2D eigenvalue weighted by atomic mass is 32.1. The Labute approximate surface area is 119 Å². The van der Waals surface area contributed by atoms with Gasteiger partial charge in [-0.1, -0.05) is 31.2 Å². The molecule has 0 aliphatic heterocycles. The zero-order valence-electron chi connectivity index (χ0n) is 11.9. The van der Waals surface area contributed by atoms with Crippen molar-refractivity contribution in [3.05, 3.63) is 51.5 Å². The quantitative estimate of drug-likeness (QED) is 0.873. The smallest absolute Gasteiger partial charge is 0.0943 e. The number of rotatable bonds is 6. The van der Waals surface area contributed by atoms with Gasteiger partial charge in [-0.15, -0.1) is 11.3 Å². The molecule has 0 amide bonds. The van der Waals surface area contributed by atoms with Crippen molar-refractivity contribution in [2.24, 2.45) is 0 Å². The molecule has 1 N–H and O–H groups in total. The van der Waals surface area contributed by atoms with Crippen LogP contribution in [-0.2, 0) is 19.3 Å². The second-order valence-electron chi connectivity index (χ2n) is 4.95. The van der Waals surface area contributed by atoms with E-state index in [1.54, 1.807) is 11.3 Å². The average molecular weight is 274 g/mol. The fourth-order valence-corrected chi connectivity index (χ4v) is 3.03. The Morgan fingerprint density at radius 3 is 2.37 bits per heavy atom. The molecule has 0 saturated carbocycles. The molecule has 2 rings (SSSR count). The lowest BCUT2D eigenvalue weighted by molar-refractivity contribution is 0.555. The first-order chi connectivity index (χ1) is 9.21. The van der Waals surface area contributed by atoms with Crippen LogP contribution in [0.4, 0.5) is 0 Å². The molecule has 3 heteroatoms. The van der Waals surface area contributed by atoms with E-state index in [2.05, 4.69) is 53.8 Å². The summed E-state index contributed by atoms with van der Waals surface area (Å²) < 4.78 is 0. The van der Waals surface area contributed by atoms with Crippen LogP contribution < -0.4 is 5.32 Å². The van der Waals surface area contributed by atoms with Crippen LogP contribution in [0.15, 0.2) is 29.6 Å². The summed E-state index contributed by atoms with van der Waals surface area (Å²) in [5.74, 6) is 0. The lowest BCUT2D eigenvalue weighted by Crippen LogP contribution is -2.29. The molecule has 1 aromatic heterocycles. The van der Waals surface area contributed by atoms with E-state index < -0.39 is 0 Å². The fourth-order valence-electron chi connectivity index (χ4n) is 2.18. The van der Waals surface area contributed by atoms with E-state index in [-0.39, 0.29) is 0 Å². The van der Waals surface area contributed by atoms with Crippen LogP contribution in [0.3, 0.4) is 0 Å². The zero-order chi connectivity index (χ0) is 13.7. The summed E-state index contributed by atoms with van der Waals surface area (Å²) in [5.41, 5.74) is 3.92. The van der Waals surface area contributed by atoms with Gasteiger partial charge in [-0.3, -0.25) is 0 Å². The monoisotopic (exact) mass is 274 g/mol. The number of nitrogens with zero attached hydrogens (tertiary/aromatic N) is 1. The molecule has 1 heterocycles. The summed E-state index contributed by atoms with van der Waals surface area (Å²) in [6, 6.07) is 9.41. The molecule has 1 aromatic carbocycles. The van der Waals surface area contributed by atoms with E-state index in [4.69, 9.17) is 0 Å². The van der Waals surface area contributed by atoms with Crippen molar-refractivity contribution >= 4 is 11.3 Å². The van der Waals surface area contributed by atoms with Crippen molar-refractivity contribution in [3.8, 4) is 0 Å². The predicted molar refractivity (Wildman–Crippen MR) is 82.9 cm³/mol. The number of nitrogens with one attached hydrogen (secondary N) is 1. The maximum absolute atomic E-state index is 4.55. The summed E-state index contributed by atoms with van der Waals surface area (Å²) in [6.07, 6.45) is 3.16. The number of aromatic nitrogens is 1. The number of aryl methyl sites for hydroxylation is 2. The van der Waals surface area contributed by atoms with E-state index in [0.717, 1.165) is 25.0 Å². The second-order valence-corrected chi connectivity index (χ2v) is 5.89. The third kappa shape index (κ3) is 4.15. The largest absolute Gasteiger partial charge is 0.316 e. The van der Waals surface area contributed by atoms with Crippen molar-refractivity contribution < 1.29 is 0 Å². The van der Waals surface area contributed by atoms with Crippen LogP contribution in [0.25, 0.3) is 0 Å². The summed E-state index contributed by atoms with van der Waals surface area (Å²) >= 11 is 1.76. The number of hydrogen-bond donors (Lipinski definition) is 1. The lowest BCUT2D eigenvalue weighted by Gasteiger charge is -2.15. The Kier molecular flexibility index (Phi) is 5.11. The van der Waals surface area contributed by atoms with Crippen molar-refractivity contribution in [3.63, 3.8) is 0 Å². The molecule has 0 saturated heterocycles. The van der Waals surface area contributed by atoms with Crippen LogP contribution in [0.5, 0.6) is 0 Å². The highest BCUT2D eigenvalue weighted by Crippen LogP contribution is 2.14. The van der Waals surface area contributed by atoms with E-state index >= 15 is 0 Å². The number of hydrogen-bond acceptors (Lipinski definition) is 3. The first kappa shape index (κ1) is 14.2.